The van der Waals surface area contributed by atoms with Crippen molar-refractivity contribution in [2.24, 2.45) is 0 Å². The number of carbonyl (C=O) groups is 2. The molecule has 3 heterocycles. The zero-order valence-corrected chi connectivity index (χ0v) is 21.1. The van der Waals surface area contributed by atoms with Crippen LogP contribution in [0.25, 0.3) is 10.2 Å². The number of pyridine rings is 1. The van der Waals surface area contributed by atoms with E-state index in [2.05, 4.69) is 26.2 Å². The van der Waals surface area contributed by atoms with Crippen molar-refractivity contribution in [2.75, 3.05) is 4.90 Å². The van der Waals surface area contributed by atoms with Crippen molar-refractivity contribution in [3.8, 4) is 0 Å². The van der Waals surface area contributed by atoms with Crippen LogP contribution < -0.4 is 10.2 Å². The Morgan fingerprint density at radius 1 is 1.44 bits per heavy atom. The normalized spacial score (nSPS) is 12.6. The number of carbonyl (C=O) groups excluding carboxylic acids is 1. The molecule has 3 aromatic rings. The summed E-state index contributed by atoms with van der Waals surface area (Å²) in [5.41, 5.74) is 0.377. The Kier molecular flexibility index (Phi) is 7.36. The molecule has 1 atom stereocenters. The number of carboxylic acid groups (broad SMARTS) is 1. The van der Waals surface area contributed by atoms with Gasteiger partial charge in [0.25, 0.3) is 0 Å². The molecule has 11 heteroatoms. The fourth-order valence-corrected chi connectivity index (χ4v) is 5.32. The lowest BCUT2D eigenvalue weighted by Crippen LogP contribution is -2.38. The molecule has 2 N–H and O–H groups in total. The number of rotatable bonds is 6. The average molecular weight is 545 g/mol. The molecule has 0 aliphatic rings. The van der Waals surface area contributed by atoms with E-state index in [0.717, 1.165) is 4.88 Å². The number of hydrogen-bond acceptors (Lipinski definition) is 6. The lowest BCUT2D eigenvalue weighted by atomic mass is 10.2. The summed E-state index contributed by atoms with van der Waals surface area (Å²) in [7, 11) is 0. The van der Waals surface area contributed by atoms with Crippen LogP contribution in [0.5, 0.6) is 0 Å². The molecule has 0 radical (unpaired) electrons. The van der Waals surface area contributed by atoms with Crippen molar-refractivity contribution < 1.29 is 23.8 Å². The fraction of sp³-hybridized carbons (Fsp3) is 0.381. The highest BCUT2D eigenvalue weighted by Crippen LogP contribution is 2.42. The second kappa shape index (κ2) is 9.68. The van der Waals surface area contributed by atoms with Crippen LogP contribution in [0, 0.1) is 0 Å². The minimum atomic E-state index is -1.14. The van der Waals surface area contributed by atoms with E-state index in [1.807, 2.05) is 6.92 Å². The number of anilines is 1. The molecule has 2 amide bonds. The molecule has 1 unspecified atom stereocenters. The van der Waals surface area contributed by atoms with E-state index < -0.39 is 17.8 Å². The summed E-state index contributed by atoms with van der Waals surface area (Å²) < 4.78 is 12.0. The fourth-order valence-electron chi connectivity index (χ4n) is 3.02. The van der Waals surface area contributed by atoms with Crippen LogP contribution >= 0.6 is 38.9 Å². The first-order valence-corrected chi connectivity index (χ1v) is 11.7. The van der Waals surface area contributed by atoms with Crippen molar-refractivity contribution >= 4 is 67.0 Å². The van der Waals surface area contributed by atoms with Crippen LogP contribution in [0.15, 0.2) is 33.4 Å². The number of thiophene rings is 1. The van der Waals surface area contributed by atoms with E-state index in [4.69, 9.17) is 20.8 Å². The molecule has 172 valence electrons. The highest BCUT2D eigenvalue weighted by atomic mass is 79.9. The van der Waals surface area contributed by atoms with Gasteiger partial charge in [-0.2, -0.15) is 0 Å². The van der Waals surface area contributed by atoms with Crippen molar-refractivity contribution in [1.82, 2.24) is 10.3 Å². The highest BCUT2D eigenvalue weighted by Gasteiger charge is 2.25. The lowest BCUT2D eigenvalue weighted by molar-refractivity contribution is 0.0508. The Morgan fingerprint density at radius 2 is 2.16 bits per heavy atom. The lowest BCUT2D eigenvalue weighted by Gasteiger charge is -2.21. The summed E-state index contributed by atoms with van der Waals surface area (Å²) >= 11 is 11.2. The van der Waals surface area contributed by atoms with Gasteiger partial charge in [-0.15, -0.1) is 11.3 Å². The topological polar surface area (TPSA) is 105 Å². The molecule has 8 nitrogen and oxygen atoms in total. The molecule has 0 aromatic carbocycles. The standard InChI is InChI=1S/C21H23BrClN3O5S/c1-11(24-19(27)31-21(2,3)4)8-14-16(22)17-18(32-14)13(9-15(23)25-17)26(20(28)29)10-12-6-5-7-30-12/h5-7,9,11H,8,10H2,1-4H3,(H,24,27)(H,28,29). The van der Waals surface area contributed by atoms with Gasteiger partial charge in [-0.05, 0) is 55.8 Å². The molecule has 3 aromatic heterocycles. The molecular weight excluding hydrogens is 522 g/mol. The second-order valence-corrected chi connectivity index (χ2v) is 10.5. The Bertz CT molecular complexity index is 1130. The van der Waals surface area contributed by atoms with Gasteiger partial charge in [-0.1, -0.05) is 11.6 Å². The van der Waals surface area contributed by atoms with Crippen LogP contribution in [0.2, 0.25) is 5.15 Å². The van der Waals surface area contributed by atoms with E-state index in [0.29, 0.717) is 32.6 Å². The molecular formula is C21H23BrClN3O5S. The number of halogens is 2. The summed E-state index contributed by atoms with van der Waals surface area (Å²) in [6.45, 7) is 7.29. The van der Waals surface area contributed by atoms with E-state index >= 15 is 0 Å². The molecule has 0 saturated heterocycles. The first kappa shape index (κ1) is 24.3. The average Bonchev–Trinajstić information content (AvgIpc) is 3.26. The van der Waals surface area contributed by atoms with E-state index in [1.165, 1.54) is 28.6 Å². The maximum Gasteiger partial charge on any atom is 0.412 e. The third-order valence-electron chi connectivity index (χ3n) is 4.27. The molecule has 0 aliphatic carbocycles. The molecule has 0 bridgehead atoms. The first-order chi connectivity index (χ1) is 14.9. The number of nitrogens with zero attached hydrogens (tertiary/aromatic N) is 2. The smallest absolute Gasteiger partial charge is 0.412 e. The quantitative estimate of drug-likeness (QED) is 0.346. The Hall–Kier alpha value is -2.30. The number of nitrogens with one attached hydrogen (secondary N) is 1. The monoisotopic (exact) mass is 543 g/mol. The number of aromatic nitrogens is 1. The van der Waals surface area contributed by atoms with Crippen molar-refractivity contribution in [2.45, 2.75) is 52.3 Å². The summed E-state index contributed by atoms with van der Waals surface area (Å²) in [5, 5.41) is 12.8. The van der Waals surface area contributed by atoms with Crippen molar-refractivity contribution in [3.05, 3.63) is 44.7 Å². The number of hydrogen-bond donors (Lipinski definition) is 2. The Balaban J connectivity index is 1.91. The van der Waals surface area contributed by atoms with Gasteiger partial charge in [-0.25, -0.2) is 14.6 Å². The zero-order chi connectivity index (χ0) is 23.6. The number of amides is 2. The van der Waals surface area contributed by atoms with Gasteiger partial charge in [-0.3, -0.25) is 4.90 Å². The van der Waals surface area contributed by atoms with Gasteiger partial charge in [0.1, 0.15) is 16.5 Å². The number of fused-ring (bicyclic) bond motifs is 1. The largest absolute Gasteiger partial charge is 0.467 e. The van der Waals surface area contributed by atoms with Crippen molar-refractivity contribution in [3.63, 3.8) is 0 Å². The van der Waals surface area contributed by atoms with Gasteiger partial charge in [0.05, 0.1) is 33.2 Å². The van der Waals surface area contributed by atoms with Gasteiger partial charge in [0, 0.05) is 23.4 Å². The molecule has 3 rings (SSSR count). The molecule has 0 saturated carbocycles. The van der Waals surface area contributed by atoms with Crippen molar-refractivity contribution in [1.29, 1.82) is 0 Å². The number of alkyl carbamates (subject to hydrolysis) is 1. The second-order valence-electron chi connectivity index (χ2n) is 8.18. The number of ether oxygens (including phenoxy) is 1. The van der Waals surface area contributed by atoms with Crippen LogP contribution in [0.4, 0.5) is 15.3 Å². The summed E-state index contributed by atoms with van der Waals surface area (Å²) in [6, 6.07) is 4.70. The summed E-state index contributed by atoms with van der Waals surface area (Å²) in [5.74, 6) is 0.500. The first-order valence-electron chi connectivity index (χ1n) is 9.74. The van der Waals surface area contributed by atoms with Crippen LogP contribution in [-0.2, 0) is 17.7 Å². The van der Waals surface area contributed by atoms with Crippen LogP contribution in [0.1, 0.15) is 38.3 Å². The van der Waals surface area contributed by atoms with Gasteiger partial charge in [0.2, 0.25) is 0 Å². The predicted molar refractivity (Wildman–Crippen MR) is 128 cm³/mol. The maximum atomic E-state index is 12.1. The minimum Gasteiger partial charge on any atom is -0.467 e. The van der Waals surface area contributed by atoms with E-state index in [1.54, 1.807) is 32.9 Å². The van der Waals surface area contributed by atoms with Gasteiger partial charge >= 0.3 is 12.2 Å². The maximum absolute atomic E-state index is 12.1. The number of furan rings is 1. The SMILES string of the molecule is CC(Cc1sc2c(N(Cc3ccco3)C(=O)O)cc(Cl)nc2c1Br)NC(=O)OC(C)(C)C. The molecule has 32 heavy (non-hydrogen) atoms. The molecule has 0 aliphatic heterocycles. The predicted octanol–water partition coefficient (Wildman–Crippen LogP) is 6.45. The van der Waals surface area contributed by atoms with E-state index in [-0.39, 0.29) is 17.7 Å². The highest BCUT2D eigenvalue weighted by molar-refractivity contribution is 9.10. The third-order valence-corrected chi connectivity index (χ3v) is 6.80. The Labute approximate surface area is 202 Å². The molecule has 0 spiro atoms. The van der Waals surface area contributed by atoms with E-state index in [9.17, 15) is 14.7 Å². The molecule has 0 fully saturated rings. The van der Waals surface area contributed by atoms with Crippen LogP contribution in [-0.4, -0.2) is 33.9 Å². The minimum absolute atomic E-state index is 0.0270. The zero-order valence-electron chi connectivity index (χ0n) is 17.9. The van der Waals surface area contributed by atoms with Crippen LogP contribution in [0.3, 0.4) is 0 Å². The summed E-state index contributed by atoms with van der Waals surface area (Å²) in [4.78, 5) is 30.6. The summed E-state index contributed by atoms with van der Waals surface area (Å²) in [6.07, 6.45) is 0.336. The van der Waals surface area contributed by atoms with Gasteiger partial charge < -0.3 is 19.6 Å². The third kappa shape index (κ3) is 5.93. The van der Waals surface area contributed by atoms with Gasteiger partial charge in [0.15, 0.2) is 0 Å². The Morgan fingerprint density at radius 3 is 2.75 bits per heavy atom.